The Morgan fingerprint density at radius 1 is 1.22 bits per heavy atom. The molecule has 0 radical (unpaired) electrons. The highest BCUT2D eigenvalue weighted by molar-refractivity contribution is 7.99. The van der Waals surface area contributed by atoms with Gasteiger partial charge >= 0.3 is 0 Å². The number of likely N-dealkylation sites (tertiary alicyclic amines) is 1. The number of amides is 2. The maximum absolute atomic E-state index is 12.8. The Labute approximate surface area is 141 Å². The van der Waals surface area contributed by atoms with Crippen molar-refractivity contribution in [2.24, 2.45) is 5.73 Å². The zero-order valence-electron chi connectivity index (χ0n) is 13.2. The molecule has 1 aromatic rings. The third-order valence-electron chi connectivity index (χ3n) is 4.57. The largest absolute Gasteiger partial charge is 0.366 e. The van der Waals surface area contributed by atoms with Crippen molar-refractivity contribution in [2.75, 3.05) is 31.1 Å². The molecule has 2 heterocycles. The van der Waals surface area contributed by atoms with Gasteiger partial charge in [-0.05, 0) is 37.1 Å². The second kappa shape index (κ2) is 7.36. The van der Waals surface area contributed by atoms with E-state index in [1.165, 1.54) is 0 Å². The SMILES string of the molecule is NC(=O)c1cccc(CN2CCCC2C(=O)N2CCSCC2)c1. The average molecular weight is 333 g/mol. The molecule has 2 amide bonds. The molecule has 0 bridgehead atoms. The van der Waals surface area contributed by atoms with E-state index in [1.807, 2.05) is 34.9 Å². The van der Waals surface area contributed by atoms with E-state index in [2.05, 4.69) is 4.90 Å². The third-order valence-corrected chi connectivity index (χ3v) is 5.51. The normalized spacial score (nSPS) is 22.3. The van der Waals surface area contributed by atoms with Crippen LogP contribution in [0.1, 0.15) is 28.8 Å². The molecule has 124 valence electrons. The summed E-state index contributed by atoms with van der Waals surface area (Å²) in [5.74, 6) is 1.94. The molecule has 1 aromatic carbocycles. The second-order valence-corrected chi connectivity index (χ2v) is 7.36. The van der Waals surface area contributed by atoms with E-state index in [9.17, 15) is 9.59 Å². The van der Waals surface area contributed by atoms with Gasteiger partial charge in [0, 0.05) is 36.7 Å². The summed E-state index contributed by atoms with van der Waals surface area (Å²) in [5, 5.41) is 0. The van der Waals surface area contributed by atoms with Gasteiger partial charge in [0.1, 0.15) is 0 Å². The molecule has 0 aromatic heterocycles. The van der Waals surface area contributed by atoms with Crippen LogP contribution in [-0.2, 0) is 11.3 Å². The number of thioether (sulfide) groups is 1. The highest BCUT2D eigenvalue weighted by Gasteiger charge is 2.34. The minimum atomic E-state index is -0.410. The first-order valence-electron chi connectivity index (χ1n) is 8.14. The zero-order chi connectivity index (χ0) is 16.2. The van der Waals surface area contributed by atoms with Gasteiger partial charge in [0.2, 0.25) is 11.8 Å². The Bertz CT molecular complexity index is 587. The number of hydrogen-bond acceptors (Lipinski definition) is 4. The highest BCUT2D eigenvalue weighted by atomic mass is 32.2. The van der Waals surface area contributed by atoms with Crippen molar-refractivity contribution < 1.29 is 9.59 Å². The summed E-state index contributed by atoms with van der Waals surface area (Å²) in [4.78, 5) is 28.3. The van der Waals surface area contributed by atoms with Crippen LogP contribution in [0.15, 0.2) is 24.3 Å². The molecule has 2 saturated heterocycles. The van der Waals surface area contributed by atoms with Gasteiger partial charge in [-0.2, -0.15) is 11.8 Å². The Kier molecular flexibility index (Phi) is 5.23. The van der Waals surface area contributed by atoms with Crippen LogP contribution < -0.4 is 5.73 Å². The lowest BCUT2D eigenvalue weighted by atomic mass is 10.1. The van der Waals surface area contributed by atoms with E-state index >= 15 is 0 Å². The van der Waals surface area contributed by atoms with E-state index in [0.717, 1.165) is 49.5 Å². The monoisotopic (exact) mass is 333 g/mol. The summed E-state index contributed by atoms with van der Waals surface area (Å²) in [6, 6.07) is 7.38. The number of carbonyl (C=O) groups is 2. The molecule has 23 heavy (non-hydrogen) atoms. The molecule has 2 fully saturated rings. The van der Waals surface area contributed by atoms with E-state index in [0.29, 0.717) is 12.1 Å². The number of nitrogens with zero attached hydrogens (tertiary/aromatic N) is 2. The third kappa shape index (κ3) is 3.87. The molecule has 1 atom stereocenters. The number of carbonyl (C=O) groups excluding carboxylic acids is 2. The minimum absolute atomic E-state index is 0.0182. The average Bonchev–Trinajstić information content (AvgIpc) is 3.03. The first kappa shape index (κ1) is 16.3. The summed E-state index contributed by atoms with van der Waals surface area (Å²) >= 11 is 1.92. The lowest BCUT2D eigenvalue weighted by Gasteiger charge is -2.32. The van der Waals surface area contributed by atoms with E-state index in [1.54, 1.807) is 6.07 Å². The molecule has 0 spiro atoms. The number of hydrogen-bond donors (Lipinski definition) is 1. The lowest BCUT2D eigenvalue weighted by molar-refractivity contribution is -0.135. The molecule has 5 nitrogen and oxygen atoms in total. The summed E-state index contributed by atoms with van der Waals surface area (Å²) in [7, 11) is 0. The fraction of sp³-hybridized carbons (Fsp3) is 0.529. The van der Waals surface area contributed by atoms with Crippen LogP contribution in [0, 0.1) is 0 Å². The van der Waals surface area contributed by atoms with Crippen LogP contribution in [0.2, 0.25) is 0 Å². The number of nitrogens with two attached hydrogens (primary N) is 1. The minimum Gasteiger partial charge on any atom is -0.366 e. The van der Waals surface area contributed by atoms with Gasteiger partial charge in [-0.15, -0.1) is 0 Å². The smallest absolute Gasteiger partial charge is 0.248 e. The predicted octanol–water partition coefficient (Wildman–Crippen LogP) is 1.33. The maximum Gasteiger partial charge on any atom is 0.248 e. The van der Waals surface area contributed by atoms with Crippen LogP contribution in [0.25, 0.3) is 0 Å². The number of primary amides is 1. The van der Waals surface area contributed by atoms with E-state index < -0.39 is 5.91 Å². The number of rotatable bonds is 4. The summed E-state index contributed by atoms with van der Waals surface area (Å²) < 4.78 is 0. The lowest BCUT2D eigenvalue weighted by Crippen LogP contribution is -2.48. The molecule has 1 unspecified atom stereocenters. The standard InChI is InChI=1S/C17H23N3O2S/c18-16(21)14-4-1-3-13(11-14)12-20-6-2-5-15(20)17(22)19-7-9-23-10-8-19/h1,3-4,11,15H,2,5-10,12H2,(H2,18,21). The first-order valence-corrected chi connectivity index (χ1v) is 9.30. The Balaban J connectivity index is 1.68. The quantitative estimate of drug-likeness (QED) is 0.903. The van der Waals surface area contributed by atoms with Gasteiger partial charge in [-0.3, -0.25) is 14.5 Å². The molecule has 0 aliphatic carbocycles. The first-order chi connectivity index (χ1) is 11.1. The topological polar surface area (TPSA) is 66.6 Å². The van der Waals surface area contributed by atoms with Gasteiger partial charge < -0.3 is 10.6 Å². The van der Waals surface area contributed by atoms with Gasteiger partial charge in [0.25, 0.3) is 0 Å². The molecule has 6 heteroatoms. The summed E-state index contributed by atoms with van der Waals surface area (Å²) in [5.41, 5.74) is 6.91. The van der Waals surface area contributed by atoms with Crippen molar-refractivity contribution in [3.63, 3.8) is 0 Å². The van der Waals surface area contributed by atoms with Gasteiger partial charge in [0.05, 0.1) is 6.04 Å². The highest BCUT2D eigenvalue weighted by Crippen LogP contribution is 2.23. The Morgan fingerprint density at radius 2 is 2.00 bits per heavy atom. The maximum atomic E-state index is 12.8. The van der Waals surface area contributed by atoms with Crippen LogP contribution in [0.3, 0.4) is 0 Å². The van der Waals surface area contributed by atoms with Crippen molar-refractivity contribution in [1.82, 2.24) is 9.80 Å². The molecule has 2 aliphatic rings. The van der Waals surface area contributed by atoms with Crippen LogP contribution >= 0.6 is 11.8 Å². The second-order valence-electron chi connectivity index (χ2n) is 6.13. The van der Waals surface area contributed by atoms with E-state index in [4.69, 9.17) is 5.73 Å². The molecular formula is C17H23N3O2S. The fourth-order valence-electron chi connectivity index (χ4n) is 3.35. The fourth-order valence-corrected chi connectivity index (χ4v) is 4.25. The van der Waals surface area contributed by atoms with Crippen LogP contribution in [-0.4, -0.2) is 58.8 Å². The molecular weight excluding hydrogens is 310 g/mol. The summed E-state index contributed by atoms with van der Waals surface area (Å²) in [6.07, 6.45) is 1.98. The molecule has 2 aliphatic heterocycles. The van der Waals surface area contributed by atoms with Crippen molar-refractivity contribution in [3.05, 3.63) is 35.4 Å². The van der Waals surface area contributed by atoms with Crippen molar-refractivity contribution in [1.29, 1.82) is 0 Å². The Morgan fingerprint density at radius 3 is 2.74 bits per heavy atom. The van der Waals surface area contributed by atoms with Crippen molar-refractivity contribution >= 4 is 23.6 Å². The number of benzene rings is 1. The predicted molar refractivity (Wildman–Crippen MR) is 92.3 cm³/mol. The van der Waals surface area contributed by atoms with Crippen LogP contribution in [0.5, 0.6) is 0 Å². The molecule has 2 N–H and O–H groups in total. The summed E-state index contributed by atoms with van der Waals surface area (Å²) in [6.45, 7) is 3.36. The van der Waals surface area contributed by atoms with Crippen LogP contribution in [0.4, 0.5) is 0 Å². The Hall–Kier alpha value is -1.53. The van der Waals surface area contributed by atoms with Crippen molar-refractivity contribution in [2.45, 2.75) is 25.4 Å². The van der Waals surface area contributed by atoms with E-state index in [-0.39, 0.29) is 11.9 Å². The molecule has 3 rings (SSSR count). The van der Waals surface area contributed by atoms with Gasteiger partial charge in [0.15, 0.2) is 0 Å². The van der Waals surface area contributed by atoms with Gasteiger partial charge in [-0.1, -0.05) is 12.1 Å². The zero-order valence-corrected chi connectivity index (χ0v) is 14.1. The van der Waals surface area contributed by atoms with Gasteiger partial charge in [-0.25, -0.2) is 0 Å². The van der Waals surface area contributed by atoms with Crippen molar-refractivity contribution in [3.8, 4) is 0 Å². The molecule has 0 saturated carbocycles.